The van der Waals surface area contributed by atoms with Crippen LogP contribution in [-0.4, -0.2) is 16.8 Å². The van der Waals surface area contributed by atoms with Gasteiger partial charge in [0.05, 0.1) is 12.4 Å². The average Bonchev–Trinajstić information content (AvgIpc) is 2.16. The van der Waals surface area contributed by atoms with Crippen molar-refractivity contribution in [1.82, 2.24) is 0 Å². The summed E-state index contributed by atoms with van der Waals surface area (Å²) in [6, 6.07) is 0. The number of ether oxygens (including phenoxy) is 1. The van der Waals surface area contributed by atoms with Gasteiger partial charge in [0.2, 0.25) is 0 Å². The zero-order chi connectivity index (χ0) is 11.3. The SMILES string of the molecule is CC1=COC2(C)C(O)CCC(C)(C)C2C1. The summed E-state index contributed by atoms with van der Waals surface area (Å²) in [5.74, 6) is 0.429. The minimum Gasteiger partial charge on any atom is -0.492 e. The molecule has 1 N–H and O–H groups in total. The largest absolute Gasteiger partial charge is 0.492 e. The fourth-order valence-corrected chi connectivity index (χ4v) is 3.21. The number of hydrogen-bond donors (Lipinski definition) is 1. The topological polar surface area (TPSA) is 29.5 Å². The Morgan fingerprint density at radius 2 is 2.07 bits per heavy atom. The van der Waals surface area contributed by atoms with E-state index in [1.54, 1.807) is 0 Å². The van der Waals surface area contributed by atoms with Crippen LogP contribution in [0.2, 0.25) is 0 Å². The molecule has 0 radical (unpaired) electrons. The summed E-state index contributed by atoms with van der Waals surface area (Å²) >= 11 is 0. The molecule has 0 aromatic carbocycles. The molecule has 1 fully saturated rings. The Balaban J connectivity index is 2.36. The van der Waals surface area contributed by atoms with Gasteiger partial charge in [-0.25, -0.2) is 0 Å². The molecule has 0 saturated heterocycles. The zero-order valence-corrected chi connectivity index (χ0v) is 10.2. The summed E-state index contributed by atoms with van der Waals surface area (Å²) in [7, 11) is 0. The minimum atomic E-state index is -0.374. The van der Waals surface area contributed by atoms with Gasteiger partial charge in [0, 0.05) is 5.92 Å². The first-order valence-electron chi connectivity index (χ1n) is 5.88. The van der Waals surface area contributed by atoms with Crippen molar-refractivity contribution >= 4 is 0 Å². The van der Waals surface area contributed by atoms with Gasteiger partial charge in [-0.2, -0.15) is 0 Å². The van der Waals surface area contributed by atoms with Crippen LogP contribution in [0.3, 0.4) is 0 Å². The van der Waals surface area contributed by atoms with Crippen molar-refractivity contribution in [1.29, 1.82) is 0 Å². The number of aliphatic hydroxyl groups is 1. The van der Waals surface area contributed by atoms with Gasteiger partial charge in [-0.15, -0.1) is 0 Å². The third-order valence-electron chi connectivity index (χ3n) is 4.40. The quantitative estimate of drug-likeness (QED) is 0.666. The number of fused-ring (bicyclic) bond motifs is 1. The van der Waals surface area contributed by atoms with E-state index < -0.39 is 0 Å². The Morgan fingerprint density at radius 3 is 2.73 bits per heavy atom. The molecule has 15 heavy (non-hydrogen) atoms. The van der Waals surface area contributed by atoms with Crippen molar-refractivity contribution in [2.24, 2.45) is 11.3 Å². The summed E-state index contributed by atoms with van der Waals surface area (Å²) in [6.07, 6.45) is 4.51. The van der Waals surface area contributed by atoms with E-state index in [2.05, 4.69) is 27.7 Å². The highest BCUT2D eigenvalue weighted by Crippen LogP contribution is 2.52. The summed E-state index contributed by atoms with van der Waals surface area (Å²) in [5, 5.41) is 10.1. The molecule has 0 spiro atoms. The van der Waals surface area contributed by atoms with Gasteiger partial charge in [0.15, 0.2) is 0 Å². The summed E-state index contributed by atoms with van der Waals surface area (Å²) < 4.78 is 5.82. The normalized spacial score (nSPS) is 43.9. The molecular weight excluding hydrogens is 188 g/mol. The molecule has 2 nitrogen and oxygen atoms in total. The van der Waals surface area contributed by atoms with Gasteiger partial charge in [-0.1, -0.05) is 13.8 Å². The molecule has 0 amide bonds. The first kappa shape index (κ1) is 11.0. The van der Waals surface area contributed by atoms with Gasteiger partial charge in [-0.3, -0.25) is 0 Å². The average molecular weight is 210 g/mol. The second kappa shape index (κ2) is 3.24. The van der Waals surface area contributed by atoms with E-state index in [9.17, 15) is 5.11 Å². The summed E-state index contributed by atoms with van der Waals surface area (Å²) in [4.78, 5) is 0. The van der Waals surface area contributed by atoms with Gasteiger partial charge in [-0.05, 0) is 44.1 Å². The van der Waals surface area contributed by atoms with Crippen molar-refractivity contribution in [2.45, 2.75) is 58.7 Å². The maximum Gasteiger partial charge on any atom is 0.135 e. The highest BCUT2D eigenvalue weighted by atomic mass is 16.5. The molecule has 1 aliphatic heterocycles. The number of rotatable bonds is 0. The van der Waals surface area contributed by atoms with Crippen LogP contribution >= 0.6 is 0 Å². The molecule has 0 aromatic heterocycles. The third-order valence-corrected chi connectivity index (χ3v) is 4.40. The van der Waals surface area contributed by atoms with E-state index in [1.807, 2.05) is 6.26 Å². The number of hydrogen-bond acceptors (Lipinski definition) is 2. The van der Waals surface area contributed by atoms with Crippen LogP contribution in [0.4, 0.5) is 0 Å². The lowest BCUT2D eigenvalue weighted by molar-refractivity contribution is -0.175. The van der Waals surface area contributed by atoms with E-state index in [-0.39, 0.29) is 17.1 Å². The minimum absolute atomic E-state index is 0.267. The molecule has 3 atom stereocenters. The fourth-order valence-electron chi connectivity index (χ4n) is 3.21. The molecular formula is C13H22O2. The standard InChI is InChI=1S/C13H22O2/c1-9-7-10-12(2,3)6-5-11(14)13(10,4)15-8-9/h8,10-11,14H,5-7H2,1-4H3. The molecule has 1 heterocycles. The Hall–Kier alpha value is -0.500. The molecule has 1 aliphatic carbocycles. The maximum absolute atomic E-state index is 10.1. The molecule has 3 unspecified atom stereocenters. The number of allylic oxidation sites excluding steroid dienone is 1. The molecule has 0 aromatic rings. The van der Waals surface area contributed by atoms with Crippen LogP contribution in [0.5, 0.6) is 0 Å². The molecule has 86 valence electrons. The fraction of sp³-hybridized carbons (Fsp3) is 0.846. The predicted octanol–water partition coefficient (Wildman–Crippen LogP) is 2.87. The van der Waals surface area contributed by atoms with Crippen LogP contribution in [0.15, 0.2) is 11.8 Å². The second-order valence-corrected chi connectivity index (χ2v) is 6.07. The molecule has 2 aliphatic rings. The van der Waals surface area contributed by atoms with Crippen molar-refractivity contribution < 1.29 is 9.84 Å². The summed E-state index contributed by atoms with van der Waals surface area (Å²) in [5.41, 5.74) is 1.18. The maximum atomic E-state index is 10.1. The lowest BCUT2D eigenvalue weighted by atomic mass is 9.58. The predicted molar refractivity (Wildman–Crippen MR) is 60.4 cm³/mol. The third kappa shape index (κ3) is 1.59. The van der Waals surface area contributed by atoms with Gasteiger partial charge in [0.25, 0.3) is 0 Å². The zero-order valence-electron chi connectivity index (χ0n) is 10.2. The van der Waals surface area contributed by atoms with Gasteiger partial charge in [0.1, 0.15) is 5.60 Å². The van der Waals surface area contributed by atoms with E-state index in [0.29, 0.717) is 5.92 Å². The van der Waals surface area contributed by atoms with Crippen molar-refractivity contribution in [3.8, 4) is 0 Å². The molecule has 2 rings (SSSR count). The smallest absolute Gasteiger partial charge is 0.135 e. The van der Waals surface area contributed by atoms with Crippen molar-refractivity contribution in [3.05, 3.63) is 11.8 Å². The highest BCUT2D eigenvalue weighted by Gasteiger charge is 2.54. The highest BCUT2D eigenvalue weighted by molar-refractivity contribution is 5.12. The molecule has 2 heteroatoms. The molecule has 0 bridgehead atoms. The van der Waals surface area contributed by atoms with Crippen LogP contribution in [0, 0.1) is 11.3 Å². The van der Waals surface area contributed by atoms with Crippen LogP contribution in [-0.2, 0) is 4.74 Å². The van der Waals surface area contributed by atoms with Gasteiger partial charge < -0.3 is 9.84 Å². The van der Waals surface area contributed by atoms with E-state index in [4.69, 9.17) is 4.74 Å². The second-order valence-electron chi connectivity index (χ2n) is 6.07. The van der Waals surface area contributed by atoms with Crippen LogP contribution in [0.25, 0.3) is 0 Å². The van der Waals surface area contributed by atoms with E-state index in [0.717, 1.165) is 19.3 Å². The van der Waals surface area contributed by atoms with Crippen molar-refractivity contribution in [2.75, 3.05) is 0 Å². The van der Waals surface area contributed by atoms with Crippen LogP contribution in [0.1, 0.15) is 47.0 Å². The van der Waals surface area contributed by atoms with E-state index in [1.165, 1.54) is 5.57 Å². The monoisotopic (exact) mass is 210 g/mol. The van der Waals surface area contributed by atoms with Gasteiger partial charge >= 0.3 is 0 Å². The molecule has 1 saturated carbocycles. The van der Waals surface area contributed by atoms with Crippen molar-refractivity contribution in [3.63, 3.8) is 0 Å². The lowest BCUT2D eigenvalue weighted by Crippen LogP contribution is -2.57. The summed E-state index contributed by atoms with van der Waals surface area (Å²) in [6.45, 7) is 8.76. The number of aliphatic hydroxyl groups excluding tert-OH is 1. The first-order chi connectivity index (χ1) is 6.86. The first-order valence-corrected chi connectivity index (χ1v) is 5.88. The Labute approximate surface area is 92.3 Å². The van der Waals surface area contributed by atoms with Crippen LogP contribution < -0.4 is 0 Å². The Morgan fingerprint density at radius 1 is 1.40 bits per heavy atom. The Kier molecular flexibility index (Phi) is 2.38. The van der Waals surface area contributed by atoms with E-state index >= 15 is 0 Å². The lowest BCUT2D eigenvalue weighted by Gasteiger charge is -2.54. The Bertz CT molecular complexity index is 293.